The fourth-order valence-electron chi connectivity index (χ4n) is 11.0. The van der Waals surface area contributed by atoms with Gasteiger partial charge < -0.3 is 40.3 Å². The molecule has 9 nitrogen and oxygen atoms in total. The van der Waals surface area contributed by atoms with Gasteiger partial charge in [0.2, 0.25) is 5.91 Å². The number of allylic oxidation sites excluding steroid dienone is 7. The molecule has 6 N–H and O–H groups in total. The topological polar surface area (TPSA) is 149 Å². The molecule has 464 valence electrons. The average Bonchev–Trinajstić information content (AvgIpc) is 3.47. The van der Waals surface area contributed by atoms with Crippen LogP contribution in [0.5, 0.6) is 0 Å². The number of carbonyl (C=O) groups excluding carboxylic acids is 1. The fraction of sp³-hybridized carbons (Fsp3) is 0.871. The predicted octanol–water partition coefficient (Wildman–Crippen LogP) is 18.4. The van der Waals surface area contributed by atoms with E-state index in [4.69, 9.17) is 9.47 Å². The van der Waals surface area contributed by atoms with Crippen LogP contribution in [0.3, 0.4) is 0 Å². The summed E-state index contributed by atoms with van der Waals surface area (Å²) in [6.45, 7) is 3.78. The molecule has 1 rings (SSSR count). The number of amides is 1. The summed E-state index contributed by atoms with van der Waals surface area (Å²) in [6.07, 6.45) is 73.8. The Balaban J connectivity index is 2.06. The van der Waals surface area contributed by atoms with Gasteiger partial charge in [-0.05, 0) is 70.6 Å². The first-order valence-electron chi connectivity index (χ1n) is 34.4. The molecule has 0 aliphatic carbocycles. The van der Waals surface area contributed by atoms with E-state index in [9.17, 15) is 30.3 Å². The Kier molecular flexibility index (Phi) is 56.4. The molecule has 7 atom stereocenters. The first-order chi connectivity index (χ1) is 38.8. The van der Waals surface area contributed by atoms with Gasteiger partial charge in [0.15, 0.2) is 6.29 Å². The molecule has 1 heterocycles. The van der Waals surface area contributed by atoms with Crippen LogP contribution in [0.2, 0.25) is 0 Å². The molecular weight excluding hydrogens is 983 g/mol. The first-order valence-corrected chi connectivity index (χ1v) is 34.4. The van der Waals surface area contributed by atoms with Gasteiger partial charge in [0.25, 0.3) is 0 Å². The normalized spacial score (nSPS) is 18.8. The van der Waals surface area contributed by atoms with Crippen molar-refractivity contribution in [3.8, 4) is 0 Å². The average molecular weight is 1110 g/mol. The quantitative estimate of drug-likeness (QED) is 0.0261. The van der Waals surface area contributed by atoms with E-state index < -0.39 is 49.5 Å². The van der Waals surface area contributed by atoms with Gasteiger partial charge in [-0.25, -0.2) is 0 Å². The minimum absolute atomic E-state index is 0.185. The highest BCUT2D eigenvalue weighted by Crippen LogP contribution is 2.23. The summed E-state index contributed by atoms with van der Waals surface area (Å²) in [5.41, 5.74) is 0. The lowest BCUT2D eigenvalue weighted by Crippen LogP contribution is -2.60. The molecule has 0 aromatic heterocycles. The van der Waals surface area contributed by atoms with Gasteiger partial charge in [-0.2, -0.15) is 0 Å². The number of aliphatic hydroxyl groups excluding tert-OH is 5. The minimum atomic E-state index is -1.57. The van der Waals surface area contributed by atoms with Gasteiger partial charge in [0, 0.05) is 6.42 Å². The lowest BCUT2D eigenvalue weighted by molar-refractivity contribution is -0.302. The zero-order chi connectivity index (χ0) is 57.2. The van der Waals surface area contributed by atoms with E-state index in [1.165, 1.54) is 270 Å². The Labute approximate surface area is 488 Å². The van der Waals surface area contributed by atoms with E-state index in [1.54, 1.807) is 6.08 Å². The maximum atomic E-state index is 13.1. The molecule has 7 unspecified atom stereocenters. The summed E-state index contributed by atoms with van der Waals surface area (Å²) in [5.74, 6) is -0.185. The van der Waals surface area contributed by atoms with Crippen LogP contribution in [0.15, 0.2) is 48.6 Å². The van der Waals surface area contributed by atoms with E-state index in [1.807, 2.05) is 6.08 Å². The highest BCUT2D eigenvalue weighted by atomic mass is 16.7. The van der Waals surface area contributed by atoms with Gasteiger partial charge >= 0.3 is 0 Å². The Morgan fingerprint density at radius 1 is 0.418 bits per heavy atom. The molecule has 1 aliphatic heterocycles. The second kappa shape index (κ2) is 59.3. The second-order valence-corrected chi connectivity index (χ2v) is 24.0. The first kappa shape index (κ1) is 75.2. The number of carbonyl (C=O) groups is 1. The van der Waals surface area contributed by atoms with Crippen molar-refractivity contribution in [2.45, 2.75) is 378 Å². The third-order valence-corrected chi connectivity index (χ3v) is 16.4. The molecule has 0 spiro atoms. The van der Waals surface area contributed by atoms with Crippen LogP contribution in [-0.2, 0) is 14.3 Å². The molecule has 0 aromatic rings. The molecule has 1 amide bonds. The number of rotatable bonds is 60. The summed E-state index contributed by atoms with van der Waals surface area (Å²) < 4.78 is 11.3. The van der Waals surface area contributed by atoms with Crippen LogP contribution in [-0.4, -0.2) is 87.5 Å². The molecule has 1 fully saturated rings. The van der Waals surface area contributed by atoms with Gasteiger partial charge in [0.05, 0.1) is 25.4 Å². The largest absolute Gasteiger partial charge is 0.394 e. The Morgan fingerprint density at radius 2 is 0.722 bits per heavy atom. The molecular formula is C70H131NO8. The Morgan fingerprint density at radius 3 is 1.06 bits per heavy atom. The summed E-state index contributed by atoms with van der Waals surface area (Å²) in [6, 6.07) is -0.828. The zero-order valence-electron chi connectivity index (χ0n) is 51.9. The van der Waals surface area contributed by atoms with Gasteiger partial charge in [0.1, 0.15) is 24.4 Å². The second-order valence-electron chi connectivity index (χ2n) is 24.0. The highest BCUT2D eigenvalue weighted by molar-refractivity contribution is 5.76. The maximum absolute atomic E-state index is 13.1. The molecule has 0 aromatic carbocycles. The lowest BCUT2D eigenvalue weighted by Gasteiger charge is -2.40. The van der Waals surface area contributed by atoms with Crippen LogP contribution in [0.25, 0.3) is 0 Å². The Hall–Kier alpha value is -1.85. The maximum Gasteiger partial charge on any atom is 0.220 e. The van der Waals surface area contributed by atoms with E-state index in [0.717, 1.165) is 44.9 Å². The monoisotopic (exact) mass is 1110 g/mol. The number of ether oxygens (including phenoxy) is 2. The molecule has 0 saturated carbocycles. The number of aliphatic hydroxyl groups is 5. The van der Waals surface area contributed by atoms with Crippen molar-refractivity contribution in [2.75, 3.05) is 13.2 Å². The summed E-state index contributed by atoms with van der Waals surface area (Å²) in [7, 11) is 0. The van der Waals surface area contributed by atoms with Crippen molar-refractivity contribution in [1.82, 2.24) is 5.32 Å². The highest BCUT2D eigenvalue weighted by Gasteiger charge is 2.44. The smallest absolute Gasteiger partial charge is 0.220 e. The van der Waals surface area contributed by atoms with Crippen molar-refractivity contribution >= 4 is 5.91 Å². The van der Waals surface area contributed by atoms with E-state index >= 15 is 0 Å². The third-order valence-electron chi connectivity index (χ3n) is 16.4. The number of hydrogen-bond donors (Lipinski definition) is 6. The van der Waals surface area contributed by atoms with Gasteiger partial charge in [-0.1, -0.05) is 306 Å². The Bertz CT molecular complexity index is 1380. The molecule has 0 radical (unpaired) electrons. The van der Waals surface area contributed by atoms with Crippen LogP contribution in [0.4, 0.5) is 0 Å². The molecule has 1 saturated heterocycles. The van der Waals surface area contributed by atoms with Crippen LogP contribution in [0.1, 0.15) is 335 Å². The standard InChI is InChI=1S/C70H131NO8/c1-3-5-7-9-11-13-15-17-19-21-22-23-24-25-26-27-28-29-30-31-32-33-34-35-36-37-38-39-40-41-42-44-46-48-50-52-54-56-58-60-66(74)71-63(62-78-70-69(77)68(76)67(75)65(61-72)79-70)64(73)59-57-55-53-51-49-47-45-43-20-18-16-14-12-10-8-6-4-2/h20-22,43,49,51,57,59,63-65,67-70,72-73,75-77H,3-19,23-42,44-48,50,52-56,58,60-62H2,1-2H3,(H,71,74)/b22-21-,43-20+,51-49+,59-57+. The molecule has 9 heteroatoms. The van der Waals surface area contributed by atoms with Gasteiger partial charge in [-0.15, -0.1) is 0 Å². The molecule has 0 bridgehead atoms. The number of nitrogens with one attached hydrogen (secondary N) is 1. The van der Waals surface area contributed by atoms with Crippen LogP contribution in [0, 0.1) is 0 Å². The predicted molar refractivity (Wildman–Crippen MR) is 336 cm³/mol. The van der Waals surface area contributed by atoms with Crippen molar-refractivity contribution < 1.29 is 39.8 Å². The molecule has 79 heavy (non-hydrogen) atoms. The van der Waals surface area contributed by atoms with Gasteiger partial charge in [-0.3, -0.25) is 4.79 Å². The lowest BCUT2D eigenvalue weighted by atomic mass is 9.99. The summed E-state index contributed by atoms with van der Waals surface area (Å²) in [5, 5.41) is 54.6. The molecule has 1 aliphatic rings. The van der Waals surface area contributed by atoms with Crippen LogP contribution >= 0.6 is 0 Å². The zero-order valence-corrected chi connectivity index (χ0v) is 51.9. The van der Waals surface area contributed by atoms with E-state index in [0.29, 0.717) is 6.42 Å². The van der Waals surface area contributed by atoms with Crippen molar-refractivity contribution in [3.63, 3.8) is 0 Å². The van der Waals surface area contributed by atoms with Crippen LogP contribution < -0.4 is 5.32 Å². The SMILES string of the molecule is CCCCCCCCC/C=C/CC/C=C/CC/C=C/C(O)C(COC1OC(CO)C(O)C(O)C1O)NC(=O)CCCCCCCCCCCCCCCCCCCCCCCCCCCCC/C=C\CCCCCCCCCC. The number of hydrogen-bond acceptors (Lipinski definition) is 8. The fourth-order valence-corrected chi connectivity index (χ4v) is 11.0. The van der Waals surface area contributed by atoms with Crippen molar-refractivity contribution in [2.24, 2.45) is 0 Å². The minimum Gasteiger partial charge on any atom is -0.394 e. The van der Waals surface area contributed by atoms with E-state index in [2.05, 4.69) is 55.6 Å². The summed E-state index contributed by atoms with van der Waals surface area (Å²) >= 11 is 0. The van der Waals surface area contributed by atoms with Crippen molar-refractivity contribution in [3.05, 3.63) is 48.6 Å². The van der Waals surface area contributed by atoms with E-state index in [-0.39, 0.29) is 12.5 Å². The summed E-state index contributed by atoms with van der Waals surface area (Å²) in [4.78, 5) is 13.1. The van der Waals surface area contributed by atoms with Crippen molar-refractivity contribution in [1.29, 1.82) is 0 Å². The number of unbranched alkanes of at least 4 members (excludes halogenated alkanes) is 44. The third kappa shape index (κ3) is 48.3.